The first-order chi connectivity index (χ1) is 6.92. The summed E-state index contributed by atoms with van der Waals surface area (Å²) in [6, 6.07) is 0. The Bertz CT molecular complexity index is 141. The van der Waals surface area contributed by atoms with Crippen molar-refractivity contribution in [3.8, 4) is 0 Å². The normalized spacial score (nSPS) is 12.4. The van der Waals surface area contributed by atoms with Gasteiger partial charge in [0.2, 0.25) is 0 Å². The molecule has 0 amide bonds. The quantitative estimate of drug-likeness (QED) is 0.624. The van der Waals surface area contributed by atoms with Gasteiger partial charge in [-0.25, -0.2) is 0 Å². The van der Waals surface area contributed by atoms with Crippen LogP contribution in [0.15, 0.2) is 0 Å². The fourth-order valence-corrected chi connectivity index (χ4v) is 1.05. The van der Waals surface area contributed by atoms with E-state index in [0.29, 0.717) is 5.41 Å². The van der Waals surface area contributed by atoms with Crippen molar-refractivity contribution in [3.05, 3.63) is 0 Å². The van der Waals surface area contributed by atoms with Crippen molar-refractivity contribution < 1.29 is 4.74 Å². The van der Waals surface area contributed by atoms with Crippen LogP contribution < -0.4 is 5.32 Å². The Labute approximate surface area is 95.2 Å². The van der Waals surface area contributed by atoms with Crippen molar-refractivity contribution in [2.75, 3.05) is 46.9 Å². The second-order valence-corrected chi connectivity index (χ2v) is 5.48. The van der Waals surface area contributed by atoms with Gasteiger partial charge in [0.15, 0.2) is 0 Å². The van der Waals surface area contributed by atoms with Gasteiger partial charge in [-0.15, -0.1) is 0 Å². The minimum absolute atomic E-state index is 0.387. The molecule has 0 atom stereocenters. The minimum Gasteiger partial charge on any atom is -0.380 e. The molecule has 0 fully saturated rings. The number of likely N-dealkylation sites (N-methyl/N-ethyl adjacent to an activating group) is 1. The Hall–Kier alpha value is -0.120. The molecule has 0 saturated carbocycles. The first-order valence-electron chi connectivity index (χ1n) is 5.85. The SMILES string of the molecule is CN(C)CCNCCOCCC(C)(C)C. The topological polar surface area (TPSA) is 24.5 Å². The maximum absolute atomic E-state index is 5.54. The van der Waals surface area contributed by atoms with Crippen molar-refractivity contribution in [1.82, 2.24) is 10.2 Å². The van der Waals surface area contributed by atoms with E-state index in [4.69, 9.17) is 4.74 Å². The van der Waals surface area contributed by atoms with Gasteiger partial charge in [0.05, 0.1) is 6.61 Å². The van der Waals surface area contributed by atoms with Gasteiger partial charge < -0.3 is 15.0 Å². The van der Waals surface area contributed by atoms with Gasteiger partial charge >= 0.3 is 0 Å². The predicted octanol–water partition coefficient (Wildman–Crippen LogP) is 1.59. The molecule has 15 heavy (non-hydrogen) atoms. The van der Waals surface area contributed by atoms with Crippen molar-refractivity contribution >= 4 is 0 Å². The van der Waals surface area contributed by atoms with Crippen LogP contribution in [0.5, 0.6) is 0 Å². The zero-order chi connectivity index (χ0) is 11.7. The molecule has 0 aromatic rings. The summed E-state index contributed by atoms with van der Waals surface area (Å²) >= 11 is 0. The van der Waals surface area contributed by atoms with Crippen LogP contribution in [0.2, 0.25) is 0 Å². The third-order valence-electron chi connectivity index (χ3n) is 2.16. The van der Waals surface area contributed by atoms with Gasteiger partial charge in [-0.1, -0.05) is 20.8 Å². The van der Waals surface area contributed by atoms with Crippen molar-refractivity contribution in [3.63, 3.8) is 0 Å². The summed E-state index contributed by atoms with van der Waals surface area (Å²) < 4.78 is 5.54. The molecule has 0 radical (unpaired) electrons. The molecule has 0 aliphatic heterocycles. The van der Waals surface area contributed by atoms with Crippen LogP contribution in [0.4, 0.5) is 0 Å². The van der Waals surface area contributed by atoms with Crippen LogP contribution >= 0.6 is 0 Å². The highest BCUT2D eigenvalue weighted by molar-refractivity contribution is 4.60. The highest BCUT2D eigenvalue weighted by Crippen LogP contribution is 2.17. The Morgan fingerprint density at radius 2 is 1.73 bits per heavy atom. The molecule has 1 N–H and O–H groups in total. The number of hydrogen-bond acceptors (Lipinski definition) is 3. The monoisotopic (exact) mass is 216 g/mol. The molecule has 0 aromatic heterocycles. The number of nitrogens with one attached hydrogen (secondary N) is 1. The molecular formula is C12H28N2O. The van der Waals surface area contributed by atoms with Gasteiger partial charge in [0.1, 0.15) is 0 Å². The third kappa shape index (κ3) is 13.9. The maximum Gasteiger partial charge on any atom is 0.0590 e. The lowest BCUT2D eigenvalue weighted by Crippen LogP contribution is -2.29. The van der Waals surface area contributed by atoms with E-state index >= 15 is 0 Å². The third-order valence-corrected chi connectivity index (χ3v) is 2.16. The van der Waals surface area contributed by atoms with E-state index in [1.54, 1.807) is 0 Å². The maximum atomic E-state index is 5.54. The van der Waals surface area contributed by atoms with E-state index in [1.807, 2.05) is 0 Å². The first kappa shape index (κ1) is 14.9. The van der Waals surface area contributed by atoms with Crippen LogP contribution in [-0.4, -0.2) is 51.8 Å². The summed E-state index contributed by atoms with van der Waals surface area (Å²) in [5.74, 6) is 0. The second kappa shape index (κ2) is 8.08. The zero-order valence-corrected chi connectivity index (χ0v) is 11.1. The average Bonchev–Trinajstić information content (AvgIpc) is 2.07. The summed E-state index contributed by atoms with van der Waals surface area (Å²) in [5.41, 5.74) is 0.387. The molecule has 92 valence electrons. The van der Waals surface area contributed by atoms with Gasteiger partial charge in [-0.3, -0.25) is 0 Å². The van der Waals surface area contributed by atoms with Crippen molar-refractivity contribution in [2.45, 2.75) is 27.2 Å². The second-order valence-electron chi connectivity index (χ2n) is 5.48. The lowest BCUT2D eigenvalue weighted by Gasteiger charge is -2.17. The molecule has 0 bridgehead atoms. The van der Waals surface area contributed by atoms with Crippen molar-refractivity contribution in [2.24, 2.45) is 5.41 Å². The first-order valence-corrected chi connectivity index (χ1v) is 5.85. The van der Waals surface area contributed by atoms with E-state index in [2.05, 4.69) is 45.1 Å². The van der Waals surface area contributed by atoms with E-state index < -0.39 is 0 Å². The lowest BCUT2D eigenvalue weighted by molar-refractivity contribution is 0.110. The largest absolute Gasteiger partial charge is 0.380 e. The smallest absolute Gasteiger partial charge is 0.0590 e. The molecule has 3 nitrogen and oxygen atoms in total. The molecule has 0 aliphatic rings. The van der Waals surface area contributed by atoms with Gasteiger partial charge in [-0.2, -0.15) is 0 Å². The number of rotatable bonds is 8. The summed E-state index contributed by atoms with van der Waals surface area (Å²) in [7, 11) is 4.17. The molecule has 0 aromatic carbocycles. The predicted molar refractivity (Wildman–Crippen MR) is 66.3 cm³/mol. The average molecular weight is 216 g/mol. The van der Waals surface area contributed by atoms with E-state index in [9.17, 15) is 0 Å². The standard InChI is InChI=1S/C12H28N2O/c1-12(2,3)6-10-15-11-8-13-7-9-14(4)5/h13H,6-11H2,1-5H3. The molecule has 0 aliphatic carbocycles. The summed E-state index contributed by atoms with van der Waals surface area (Å²) in [6.07, 6.45) is 1.13. The van der Waals surface area contributed by atoms with Crippen LogP contribution in [0.3, 0.4) is 0 Å². The van der Waals surface area contributed by atoms with E-state index in [-0.39, 0.29) is 0 Å². The number of ether oxygens (including phenoxy) is 1. The highest BCUT2D eigenvalue weighted by Gasteiger charge is 2.08. The molecule has 0 unspecified atom stereocenters. The number of hydrogen-bond donors (Lipinski definition) is 1. The van der Waals surface area contributed by atoms with Gasteiger partial charge in [0.25, 0.3) is 0 Å². The zero-order valence-electron chi connectivity index (χ0n) is 11.1. The minimum atomic E-state index is 0.387. The Balaban J connectivity index is 3.06. The Morgan fingerprint density at radius 1 is 1.07 bits per heavy atom. The van der Waals surface area contributed by atoms with Crippen LogP contribution in [0.1, 0.15) is 27.2 Å². The fourth-order valence-electron chi connectivity index (χ4n) is 1.05. The van der Waals surface area contributed by atoms with Gasteiger partial charge in [-0.05, 0) is 25.9 Å². The molecule has 0 heterocycles. The molecule has 3 heteroatoms. The highest BCUT2D eigenvalue weighted by atomic mass is 16.5. The fraction of sp³-hybridized carbons (Fsp3) is 1.00. The Morgan fingerprint density at radius 3 is 2.27 bits per heavy atom. The van der Waals surface area contributed by atoms with Crippen LogP contribution in [0.25, 0.3) is 0 Å². The van der Waals surface area contributed by atoms with Crippen LogP contribution in [-0.2, 0) is 4.74 Å². The summed E-state index contributed by atoms with van der Waals surface area (Å²) in [5, 5.41) is 3.35. The lowest BCUT2D eigenvalue weighted by atomic mass is 9.93. The van der Waals surface area contributed by atoms with E-state index in [0.717, 1.165) is 39.3 Å². The molecule has 0 spiro atoms. The number of nitrogens with zero attached hydrogens (tertiary/aromatic N) is 1. The van der Waals surface area contributed by atoms with E-state index in [1.165, 1.54) is 0 Å². The summed E-state index contributed by atoms with van der Waals surface area (Å²) in [6.45, 7) is 11.5. The molecule has 0 saturated heterocycles. The summed E-state index contributed by atoms with van der Waals surface area (Å²) in [4.78, 5) is 2.17. The molecular weight excluding hydrogens is 188 g/mol. The molecule has 0 rings (SSSR count). The Kier molecular flexibility index (Phi) is 8.02. The van der Waals surface area contributed by atoms with Crippen LogP contribution in [0, 0.1) is 5.41 Å². The van der Waals surface area contributed by atoms with Gasteiger partial charge in [0, 0.05) is 26.2 Å². The van der Waals surface area contributed by atoms with Crippen molar-refractivity contribution in [1.29, 1.82) is 0 Å².